The van der Waals surface area contributed by atoms with E-state index >= 15 is 0 Å². The minimum Gasteiger partial charge on any atom is -0.481 e. The molecule has 2 rings (SSSR count). The monoisotopic (exact) mass is 449 g/mol. The molecule has 0 fully saturated rings. The summed E-state index contributed by atoms with van der Waals surface area (Å²) in [4.78, 5) is 24.0. The smallest absolute Gasteiger partial charge is 0.305 e. The molecule has 0 saturated heterocycles. The summed E-state index contributed by atoms with van der Waals surface area (Å²) in [5.41, 5.74) is -1.13. The largest absolute Gasteiger partial charge is 0.481 e. The molecule has 0 bridgehead atoms. The number of carbonyl (C=O) groups is 2. The summed E-state index contributed by atoms with van der Waals surface area (Å²) in [6.45, 7) is 9.07. The Hall–Kier alpha value is -2.94. The number of aliphatic hydroxyl groups is 1. The summed E-state index contributed by atoms with van der Waals surface area (Å²) in [7, 11) is 0. The highest BCUT2D eigenvalue weighted by Gasteiger charge is 2.28. The van der Waals surface area contributed by atoms with Gasteiger partial charge in [0.1, 0.15) is 18.1 Å². The van der Waals surface area contributed by atoms with Gasteiger partial charge in [-0.1, -0.05) is 39.8 Å². The van der Waals surface area contributed by atoms with E-state index in [1.54, 1.807) is 13.0 Å². The Kier molecular flexibility index (Phi) is 8.38. The van der Waals surface area contributed by atoms with E-state index < -0.39 is 29.3 Å². The molecule has 8 nitrogen and oxygen atoms in total. The molecule has 1 aromatic heterocycles. The zero-order valence-electron chi connectivity index (χ0n) is 19.1. The molecular formula is C23H32FN3O5. The van der Waals surface area contributed by atoms with Gasteiger partial charge in [0.15, 0.2) is 5.69 Å². The first-order valence-corrected chi connectivity index (χ1v) is 10.6. The summed E-state index contributed by atoms with van der Waals surface area (Å²) in [5, 5.41) is 26.6. The Morgan fingerprint density at radius 1 is 1.25 bits per heavy atom. The number of nitrogens with zero attached hydrogens (tertiary/aromatic N) is 2. The first-order chi connectivity index (χ1) is 14.9. The average molecular weight is 450 g/mol. The number of nitrogens with one attached hydrogen (secondary N) is 1. The first kappa shape index (κ1) is 25.3. The van der Waals surface area contributed by atoms with Crippen molar-refractivity contribution < 1.29 is 28.9 Å². The molecule has 2 atom stereocenters. The number of rotatable bonds is 11. The Morgan fingerprint density at radius 3 is 2.47 bits per heavy atom. The molecule has 0 saturated carbocycles. The van der Waals surface area contributed by atoms with Crippen LogP contribution in [0, 0.1) is 17.7 Å². The van der Waals surface area contributed by atoms with Crippen molar-refractivity contribution >= 4 is 11.9 Å². The highest BCUT2D eigenvalue weighted by Crippen LogP contribution is 2.25. The van der Waals surface area contributed by atoms with Crippen LogP contribution in [0.2, 0.25) is 0 Å². The van der Waals surface area contributed by atoms with Gasteiger partial charge in [-0.2, -0.15) is 9.78 Å². The van der Waals surface area contributed by atoms with Gasteiger partial charge in [0, 0.05) is 12.1 Å². The molecule has 0 radical (unpaired) electrons. The van der Waals surface area contributed by atoms with Crippen LogP contribution < -0.4 is 10.1 Å². The van der Waals surface area contributed by atoms with E-state index in [0.29, 0.717) is 6.42 Å². The molecule has 1 amide bonds. The predicted octanol–water partition coefficient (Wildman–Crippen LogP) is 3.42. The lowest BCUT2D eigenvalue weighted by Gasteiger charge is -2.27. The number of carboxylic acids is 1. The fourth-order valence-corrected chi connectivity index (χ4v) is 2.99. The quantitative estimate of drug-likeness (QED) is 0.484. The summed E-state index contributed by atoms with van der Waals surface area (Å²) < 4.78 is 21.3. The minimum atomic E-state index is -1.16. The topological polar surface area (TPSA) is 114 Å². The zero-order chi connectivity index (χ0) is 24.1. The molecule has 1 heterocycles. The van der Waals surface area contributed by atoms with E-state index in [0.717, 1.165) is 4.68 Å². The van der Waals surface area contributed by atoms with Gasteiger partial charge in [-0.15, -0.1) is 0 Å². The van der Waals surface area contributed by atoms with Gasteiger partial charge in [-0.3, -0.25) is 9.59 Å². The first-order valence-electron chi connectivity index (χ1n) is 10.6. The van der Waals surface area contributed by atoms with E-state index in [2.05, 4.69) is 10.4 Å². The Labute approximate surface area is 187 Å². The number of ether oxygens (including phenoxy) is 1. The Morgan fingerprint density at radius 2 is 1.91 bits per heavy atom. The van der Waals surface area contributed by atoms with Crippen LogP contribution in [0.3, 0.4) is 0 Å². The maximum Gasteiger partial charge on any atom is 0.305 e. The van der Waals surface area contributed by atoms with E-state index in [4.69, 9.17) is 9.84 Å². The maximum atomic E-state index is 14.4. The summed E-state index contributed by atoms with van der Waals surface area (Å²) >= 11 is 0. The summed E-state index contributed by atoms with van der Waals surface area (Å²) in [6, 6.07) is 6.68. The molecule has 9 heteroatoms. The molecule has 2 aromatic rings. The Balaban J connectivity index is 2.36. The fourth-order valence-electron chi connectivity index (χ4n) is 2.99. The lowest BCUT2D eigenvalue weighted by Crippen LogP contribution is -2.38. The van der Waals surface area contributed by atoms with Crippen molar-refractivity contribution in [2.24, 2.45) is 11.8 Å². The van der Waals surface area contributed by atoms with Gasteiger partial charge in [0.2, 0.25) is 5.88 Å². The van der Waals surface area contributed by atoms with E-state index in [9.17, 15) is 19.1 Å². The lowest BCUT2D eigenvalue weighted by atomic mass is 9.94. The lowest BCUT2D eigenvalue weighted by molar-refractivity contribution is -0.137. The van der Waals surface area contributed by atoms with Crippen LogP contribution in [0.5, 0.6) is 5.88 Å². The third-order valence-corrected chi connectivity index (χ3v) is 5.26. The van der Waals surface area contributed by atoms with Crippen molar-refractivity contribution in [2.75, 3.05) is 6.61 Å². The molecule has 0 aliphatic carbocycles. The van der Waals surface area contributed by atoms with Gasteiger partial charge in [0.25, 0.3) is 5.91 Å². The molecule has 0 aliphatic rings. The van der Waals surface area contributed by atoms with E-state index in [1.165, 1.54) is 24.3 Å². The second-order valence-electron chi connectivity index (χ2n) is 8.93. The van der Waals surface area contributed by atoms with Crippen LogP contribution in [0.15, 0.2) is 30.3 Å². The van der Waals surface area contributed by atoms with Crippen LogP contribution in [-0.4, -0.2) is 50.1 Å². The molecule has 1 aromatic carbocycles. The summed E-state index contributed by atoms with van der Waals surface area (Å²) in [5.74, 6) is -2.03. The van der Waals surface area contributed by atoms with Crippen LogP contribution >= 0.6 is 0 Å². The number of hydrogen-bond donors (Lipinski definition) is 3. The number of amides is 1. The molecular weight excluding hydrogens is 417 g/mol. The second kappa shape index (κ2) is 10.6. The van der Waals surface area contributed by atoms with Crippen LogP contribution in [-0.2, 0) is 4.79 Å². The normalized spacial score (nSPS) is 14.3. The average Bonchev–Trinajstić information content (AvgIpc) is 3.10. The number of aromatic nitrogens is 2. The molecule has 32 heavy (non-hydrogen) atoms. The van der Waals surface area contributed by atoms with Gasteiger partial charge in [-0.25, -0.2) is 4.39 Å². The van der Waals surface area contributed by atoms with Gasteiger partial charge >= 0.3 is 5.97 Å². The van der Waals surface area contributed by atoms with Gasteiger partial charge < -0.3 is 20.3 Å². The number of benzene rings is 1. The second-order valence-corrected chi connectivity index (χ2v) is 8.93. The third-order valence-electron chi connectivity index (χ3n) is 5.26. The van der Waals surface area contributed by atoms with Crippen molar-refractivity contribution in [2.45, 2.75) is 59.1 Å². The highest BCUT2D eigenvalue weighted by molar-refractivity contribution is 5.93. The molecule has 1 unspecified atom stereocenters. The van der Waals surface area contributed by atoms with Crippen LogP contribution in [0.25, 0.3) is 5.69 Å². The van der Waals surface area contributed by atoms with Crippen molar-refractivity contribution in [3.8, 4) is 11.6 Å². The van der Waals surface area contributed by atoms with Crippen LogP contribution in [0.4, 0.5) is 4.39 Å². The van der Waals surface area contributed by atoms with E-state index in [-0.39, 0.29) is 42.1 Å². The molecule has 176 valence electrons. The fraction of sp³-hybridized carbons (Fsp3) is 0.522. The Bertz CT molecular complexity index is 939. The molecule has 0 aliphatic heterocycles. The number of hydrogen-bond acceptors (Lipinski definition) is 5. The van der Waals surface area contributed by atoms with E-state index in [1.807, 2.05) is 27.7 Å². The van der Waals surface area contributed by atoms with Crippen molar-refractivity contribution in [3.05, 3.63) is 41.8 Å². The zero-order valence-corrected chi connectivity index (χ0v) is 19.1. The number of para-hydroxylation sites is 1. The maximum absolute atomic E-state index is 14.4. The van der Waals surface area contributed by atoms with Crippen molar-refractivity contribution in [1.29, 1.82) is 0 Å². The number of carbonyl (C=O) groups excluding carboxylic acids is 1. The summed E-state index contributed by atoms with van der Waals surface area (Å²) in [6.07, 6.45) is 0.255. The molecule has 0 spiro atoms. The molecule has 3 N–H and O–H groups in total. The third kappa shape index (κ3) is 6.78. The standard InChI is InChI=1S/C23H32FN3O5/c1-14(2)10-16(11-21(28)29)25-22(30)18-12-20(32-13-23(5,31)15(3)4)27(26-18)19-9-7-6-8-17(19)24/h6-9,12,14-16,31H,10-11,13H2,1-5H3,(H,25,30)(H,28,29)/t16-,23?/m0/s1. The van der Waals surface area contributed by atoms with Gasteiger partial charge in [-0.05, 0) is 37.3 Å². The SMILES string of the molecule is CC(C)C[C@@H](CC(=O)O)NC(=O)c1cc(OCC(C)(O)C(C)C)n(-c2ccccc2F)n1. The van der Waals surface area contributed by atoms with Crippen LogP contribution in [0.1, 0.15) is 57.9 Å². The van der Waals surface area contributed by atoms with Gasteiger partial charge in [0.05, 0.1) is 12.0 Å². The number of halogens is 1. The van der Waals surface area contributed by atoms with Crippen molar-refractivity contribution in [3.63, 3.8) is 0 Å². The minimum absolute atomic E-state index is 0.0495. The number of carboxylic acid groups (broad SMARTS) is 1. The van der Waals surface area contributed by atoms with Crippen molar-refractivity contribution in [1.82, 2.24) is 15.1 Å². The predicted molar refractivity (Wildman–Crippen MR) is 117 cm³/mol. The highest BCUT2D eigenvalue weighted by atomic mass is 19.1. The number of aliphatic carboxylic acids is 1.